The molecule has 0 aliphatic carbocycles. The molecule has 18 heavy (non-hydrogen) atoms. The molecule has 3 N–H and O–H groups in total. The summed E-state index contributed by atoms with van der Waals surface area (Å²) >= 11 is 0. The number of aryl methyl sites for hydroxylation is 1. The van der Waals surface area contributed by atoms with Gasteiger partial charge in [0.15, 0.2) is 0 Å². The lowest BCUT2D eigenvalue weighted by molar-refractivity contribution is 0.476. The van der Waals surface area contributed by atoms with E-state index in [9.17, 15) is 5.11 Å². The van der Waals surface area contributed by atoms with Crippen LogP contribution in [0.3, 0.4) is 0 Å². The molecule has 3 rings (SSSR count). The number of phenolic OH excluding ortho intramolecular Hbond substituents is 1. The van der Waals surface area contributed by atoms with Crippen LogP contribution in [0.2, 0.25) is 0 Å². The number of hydrogen-bond donors (Lipinski definition) is 2. The molecule has 0 fully saturated rings. The minimum Gasteiger partial charge on any atom is -0.508 e. The number of nitrogen functional groups attached to an aromatic ring is 1. The van der Waals surface area contributed by atoms with Crippen molar-refractivity contribution in [3.63, 3.8) is 0 Å². The van der Waals surface area contributed by atoms with Crippen molar-refractivity contribution in [1.82, 2.24) is 9.55 Å². The molecule has 0 spiro atoms. The number of imidazole rings is 1. The van der Waals surface area contributed by atoms with Gasteiger partial charge in [-0.15, -0.1) is 0 Å². The van der Waals surface area contributed by atoms with Crippen LogP contribution in [-0.4, -0.2) is 14.7 Å². The van der Waals surface area contributed by atoms with Crippen LogP contribution in [-0.2, 0) is 0 Å². The first kappa shape index (κ1) is 10.7. The number of hydrogen-bond acceptors (Lipinski definition) is 3. The topological polar surface area (TPSA) is 64.1 Å². The highest BCUT2D eigenvalue weighted by molar-refractivity contribution is 5.82. The van der Waals surface area contributed by atoms with Gasteiger partial charge in [-0.05, 0) is 31.2 Å². The van der Waals surface area contributed by atoms with E-state index in [2.05, 4.69) is 4.98 Å². The van der Waals surface area contributed by atoms with Gasteiger partial charge in [-0.25, -0.2) is 4.98 Å². The van der Waals surface area contributed by atoms with Gasteiger partial charge in [0.2, 0.25) is 5.95 Å². The van der Waals surface area contributed by atoms with E-state index in [0.29, 0.717) is 11.5 Å². The maximum absolute atomic E-state index is 9.45. The molecule has 1 aromatic heterocycles. The Morgan fingerprint density at radius 3 is 2.56 bits per heavy atom. The largest absolute Gasteiger partial charge is 0.508 e. The van der Waals surface area contributed by atoms with Gasteiger partial charge >= 0.3 is 0 Å². The molecule has 90 valence electrons. The number of nitrogens with two attached hydrogens (primary N) is 1. The number of nitrogens with zero attached hydrogens (tertiary/aromatic N) is 2. The summed E-state index contributed by atoms with van der Waals surface area (Å²) in [5, 5.41) is 9.45. The first-order valence-electron chi connectivity index (χ1n) is 5.69. The van der Waals surface area contributed by atoms with Crippen molar-refractivity contribution < 1.29 is 5.11 Å². The van der Waals surface area contributed by atoms with Crippen LogP contribution in [0.25, 0.3) is 16.7 Å². The molecule has 4 heteroatoms. The summed E-state index contributed by atoms with van der Waals surface area (Å²) in [4.78, 5) is 4.25. The Bertz CT molecular complexity index is 714. The van der Waals surface area contributed by atoms with E-state index in [4.69, 9.17) is 5.73 Å². The van der Waals surface area contributed by atoms with Gasteiger partial charge < -0.3 is 10.8 Å². The second-order valence-electron chi connectivity index (χ2n) is 4.31. The molecular weight excluding hydrogens is 226 g/mol. The summed E-state index contributed by atoms with van der Waals surface area (Å²) < 4.78 is 1.87. The van der Waals surface area contributed by atoms with E-state index in [-0.39, 0.29) is 5.75 Å². The first-order valence-corrected chi connectivity index (χ1v) is 5.69. The van der Waals surface area contributed by atoms with Crippen molar-refractivity contribution in [2.24, 2.45) is 0 Å². The van der Waals surface area contributed by atoms with Crippen molar-refractivity contribution in [1.29, 1.82) is 0 Å². The third kappa shape index (κ3) is 1.59. The molecule has 0 radical (unpaired) electrons. The molecule has 4 nitrogen and oxygen atoms in total. The predicted octanol–water partition coefficient (Wildman–Crippen LogP) is 2.62. The monoisotopic (exact) mass is 239 g/mol. The molecular formula is C14H13N3O. The Labute approximate surface area is 104 Å². The van der Waals surface area contributed by atoms with E-state index in [0.717, 1.165) is 11.2 Å². The van der Waals surface area contributed by atoms with Gasteiger partial charge in [-0.1, -0.05) is 17.7 Å². The maximum atomic E-state index is 9.45. The molecule has 0 bridgehead atoms. The lowest BCUT2D eigenvalue weighted by atomic mass is 10.2. The standard InChI is InChI=1S/C14H13N3O/c1-9-2-4-10(5-3-9)17-13-7-6-11(18)8-12(13)16-14(17)15/h2-8,18H,1H3,(H2,15,16). The van der Waals surface area contributed by atoms with Gasteiger partial charge in [0.25, 0.3) is 0 Å². The van der Waals surface area contributed by atoms with E-state index in [1.807, 2.05) is 41.8 Å². The molecule has 0 aliphatic heterocycles. The summed E-state index contributed by atoms with van der Waals surface area (Å²) in [7, 11) is 0. The molecule has 1 heterocycles. The average molecular weight is 239 g/mol. The number of rotatable bonds is 1. The highest BCUT2D eigenvalue weighted by Crippen LogP contribution is 2.25. The molecule has 0 atom stereocenters. The fourth-order valence-corrected chi connectivity index (χ4v) is 2.05. The summed E-state index contributed by atoms with van der Waals surface area (Å²) in [6.07, 6.45) is 0. The minimum absolute atomic E-state index is 0.191. The predicted molar refractivity (Wildman–Crippen MR) is 71.9 cm³/mol. The molecule has 0 saturated heterocycles. The Kier molecular flexibility index (Phi) is 2.23. The molecule has 0 amide bonds. The average Bonchev–Trinajstić information content (AvgIpc) is 2.65. The number of benzene rings is 2. The van der Waals surface area contributed by atoms with Crippen molar-refractivity contribution in [2.45, 2.75) is 6.92 Å². The maximum Gasteiger partial charge on any atom is 0.205 e. The molecule has 3 aromatic rings. The van der Waals surface area contributed by atoms with Gasteiger partial charge in [0.1, 0.15) is 5.75 Å². The third-order valence-electron chi connectivity index (χ3n) is 2.96. The smallest absolute Gasteiger partial charge is 0.205 e. The van der Waals surface area contributed by atoms with Crippen molar-refractivity contribution in [3.05, 3.63) is 48.0 Å². The number of anilines is 1. The summed E-state index contributed by atoms with van der Waals surface area (Å²) in [5.74, 6) is 0.607. The van der Waals surface area contributed by atoms with Gasteiger partial charge in [0, 0.05) is 11.8 Å². The second kappa shape index (κ2) is 3.77. The Morgan fingerprint density at radius 2 is 1.83 bits per heavy atom. The van der Waals surface area contributed by atoms with E-state index in [1.165, 1.54) is 5.56 Å². The lowest BCUT2D eigenvalue weighted by Gasteiger charge is -2.06. The van der Waals surface area contributed by atoms with Crippen LogP contribution in [0.5, 0.6) is 5.75 Å². The third-order valence-corrected chi connectivity index (χ3v) is 2.96. The molecule has 0 aliphatic rings. The number of fused-ring (bicyclic) bond motifs is 1. The van der Waals surface area contributed by atoms with E-state index in [1.54, 1.807) is 12.1 Å². The van der Waals surface area contributed by atoms with E-state index >= 15 is 0 Å². The second-order valence-corrected chi connectivity index (χ2v) is 4.31. The number of aromatic hydroxyl groups is 1. The number of phenols is 1. The summed E-state index contributed by atoms with van der Waals surface area (Å²) in [6.45, 7) is 2.04. The Balaban J connectivity index is 2.28. The quantitative estimate of drug-likeness (QED) is 0.686. The van der Waals surface area contributed by atoms with Crippen molar-refractivity contribution in [3.8, 4) is 11.4 Å². The SMILES string of the molecule is Cc1ccc(-n2c(N)nc3cc(O)ccc32)cc1. The fraction of sp³-hybridized carbons (Fsp3) is 0.0714. The minimum atomic E-state index is 0.191. The fourth-order valence-electron chi connectivity index (χ4n) is 2.05. The zero-order valence-electron chi connectivity index (χ0n) is 9.96. The lowest BCUT2D eigenvalue weighted by Crippen LogP contribution is -2.00. The highest BCUT2D eigenvalue weighted by Gasteiger charge is 2.10. The Hall–Kier alpha value is -2.49. The molecule has 0 saturated carbocycles. The van der Waals surface area contributed by atoms with Crippen LogP contribution < -0.4 is 5.73 Å². The van der Waals surface area contributed by atoms with Crippen LogP contribution in [0, 0.1) is 6.92 Å². The molecule has 2 aromatic carbocycles. The highest BCUT2D eigenvalue weighted by atomic mass is 16.3. The normalized spacial score (nSPS) is 10.9. The van der Waals surface area contributed by atoms with Crippen LogP contribution >= 0.6 is 0 Å². The van der Waals surface area contributed by atoms with Crippen LogP contribution in [0.1, 0.15) is 5.56 Å². The summed E-state index contributed by atoms with van der Waals surface area (Å²) in [6, 6.07) is 13.1. The Morgan fingerprint density at radius 1 is 1.11 bits per heavy atom. The van der Waals surface area contributed by atoms with Crippen LogP contribution in [0.4, 0.5) is 5.95 Å². The van der Waals surface area contributed by atoms with Crippen LogP contribution in [0.15, 0.2) is 42.5 Å². The van der Waals surface area contributed by atoms with E-state index < -0.39 is 0 Å². The summed E-state index contributed by atoms with van der Waals surface area (Å²) in [5.41, 5.74) is 9.67. The van der Waals surface area contributed by atoms with Gasteiger partial charge in [0.05, 0.1) is 11.0 Å². The number of aromatic nitrogens is 2. The van der Waals surface area contributed by atoms with Crippen molar-refractivity contribution in [2.75, 3.05) is 5.73 Å². The van der Waals surface area contributed by atoms with Gasteiger partial charge in [-0.3, -0.25) is 4.57 Å². The van der Waals surface area contributed by atoms with Crippen molar-refractivity contribution >= 4 is 17.0 Å². The molecule has 0 unspecified atom stereocenters. The zero-order valence-corrected chi connectivity index (χ0v) is 9.96. The first-order chi connectivity index (χ1) is 8.65. The zero-order chi connectivity index (χ0) is 12.7. The van der Waals surface area contributed by atoms with Gasteiger partial charge in [-0.2, -0.15) is 0 Å².